The summed E-state index contributed by atoms with van der Waals surface area (Å²) in [6.45, 7) is 3.11. The fourth-order valence-corrected chi connectivity index (χ4v) is 2.47. The molecule has 0 fully saturated rings. The number of anilines is 1. The second-order valence-electron chi connectivity index (χ2n) is 5.59. The van der Waals surface area contributed by atoms with Gasteiger partial charge < -0.3 is 4.90 Å². The van der Waals surface area contributed by atoms with Crippen LogP contribution in [0.3, 0.4) is 0 Å². The first-order valence-electron chi connectivity index (χ1n) is 7.79. The van der Waals surface area contributed by atoms with Gasteiger partial charge in [0.05, 0.1) is 11.4 Å². The van der Waals surface area contributed by atoms with Crippen LogP contribution in [0.5, 0.6) is 0 Å². The van der Waals surface area contributed by atoms with Gasteiger partial charge in [0, 0.05) is 36.8 Å². The molecule has 2 aromatic carbocycles. The van der Waals surface area contributed by atoms with Crippen molar-refractivity contribution >= 4 is 28.0 Å². The van der Waals surface area contributed by atoms with Crippen LogP contribution in [0.4, 0.5) is 17.1 Å². The van der Waals surface area contributed by atoms with Gasteiger partial charge in [0.25, 0.3) is 0 Å². The number of pyridine rings is 1. The molecule has 0 bridgehead atoms. The van der Waals surface area contributed by atoms with Crippen LogP contribution in [0.25, 0.3) is 10.9 Å². The average Bonchev–Trinajstić information content (AvgIpc) is 2.60. The van der Waals surface area contributed by atoms with Crippen molar-refractivity contribution in [3.63, 3.8) is 0 Å². The van der Waals surface area contributed by atoms with Crippen molar-refractivity contribution in [3.05, 3.63) is 60.8 Å². The van der Waals surface area contributed by atoms with Gasteiger partial charge in [-0.1, -0.05) is 0 Å². The van der Waals surface area contributed by atoms with Crippen LogP contribution < -0.4 is 9.47 Å². The highest BCUT2D eigenvalue weighted by Gasteiger charge is 2.04. The van der Waals surface area contributed by atoms with E-state index in [4.69, 9.17) is 0 Å². The number of aromatic nitrogens is 1. The zero-order chi connectivity index (χ0) is 16.2. The Morgan fingerprint density at radius 2 is 1.65 bits per heavy atom. The fourth-order valence-electron chi connectivity index (χ4n) is 2.47. The van der Waals surface area contributed by atoms with Gasteiger partial charge in [-0.25, -0.2) is 4.57 Å². The molecular weight excluding hydrogens is 284 g/mol. The van der Waals surface area contributed by atoms with Crippen molar-refractivity contribution in [1.29, 1.82) is 0 Å². The lowest BCUT2D eigenvalue weighted by molar-refractivity contribution is -0.644. The SMILES string of the molecule is CCN(C)c1ccc(N=Nc2ccc3ccc[n+](C)c3c2)cc1. The second-order valence-corrected chi connectivity index (χ2v) is 5.59. The van der Waals surface area contributed by atoms with Gasteiger partial charge in [0.1, 0.15) is 7.05 Å². The molecular formula is C19H21N4+. The lowest BCUT2D eigenvalue weighted by Gasteiger charge is -2.16. The van der Waals surface area contributed by atoms with E-state index >= 15 is 0 Å². The lowest BCUT2D eigenvalue weighted by Crippen LogP contribution is -2.27. The fraction of sp³-hybridized carbons (Fsp3) is 0.211. The minimum atomic E-state index is 0.856. The van der Waals surface area contributed by atoms with Gasteiger partial charge in [0.2, 0.25) is 5.52 Å². The zero-order valence-electron chi connectivity index (χ0n) is 13.8. The van der Waals surface area contributed by atoms with Crippen LogP contribution in [-0.2, 0) is 7.05 Å². The first kappa shape index (κ1) is 15.2. The van der Waals surface area contributed by atoms with E-state index in [0.717, 1.165) is 23.4 Å². The summed E-state index contributed by atoms with van der Waals surface area (Å²) in [5.41, 5.74) is 4.04. The Hall–Kier alpha value is -2.75. The van der Waals surface area contributed by atoms with Crippen LogP contribution in [0.15, 0.2) is 71.0 Å². The molecule has 0 amide bonds. The van der Waals surface area contributed by atoms with Crippen molar-refractivity contribution in [1.82, 2.24) is 0 Å². The van der Waals surface area contributed by atoms with Crippen molar-refractivity contribution in [2.75, 3.05) is 18.5 Å². The highest BCUT2D eigenvalue weighted by molar-refractivity contribution is 5.78. The van der Waals surface area contributed by atoms with Crippen molar-refractivity contribution in [2.45, 2.75) is 6.92 Å². The summed E-state index contributed by atoms with van der Waals surface area (Å²) in [6.07, 6.45) is 2.03. The number of azo groups is 1. The Morgan fingerprint density at radius 1 is 0.957 bits per heavy atom. The van der Waals surface area contributed by atoms with E-state index in [1.165, 1.54) is 11.1 Å². The monoisotopic (exact) mass is 305 g/mol. The van der Waals surface area contributed by atoms with Crippen LogP contribution in [0.2, 0.25) is 0 Å². The number of nitrogens with zero attached hydrogens (tertiary/aromatic N) is 4. The first-order valence-corrected chi connectivity index (χ1v) is 7.79. The molecule has 0 aliphatic heterocycles. The smallest absolute Gasteiger partial charge is 0.214 e. The van der Waals surface area contributed by atoms with E-state index in [9.17, 15) is 0 Å². The second kappa shape index (κ2) is 6.57. The molecule has 0 aliphatic rings. The summed E-state index contributed by atoms with van der Waals surface area (Å²) in [7, 11) is 4.11. The third-order valence-electron chi connectivity index (χ3n) is 4.03. The Labute approximate surface area is 136 Å². The molecule has 0 spiro atoms. The molecule has 0 radical (unpaired) electrons. The number of hydrogen-bond acceptors (Lipinski definition) is 3. The van der Waals surface area contributed by atoms with E-state index in [2.05, 4.69) is 64.0 Å². The van der Waals surface area contributed by atoms with Gasteiger partial charge in [-0.05, 0) is 49.4 Å². The Kier molecular flexibility index (Phi) is 4.33. The highest BCUT2D eigenvalue weighted by Crippen LogP contribution is 2.23. The van der Waals surface area contributed by atoms with Gasteiger partial charge in [-0.2, -0.15) is 10.2 Å². The van der Waals surface area contributed by atoms with Crippen molar-refractivity contribution in [3.8, 4) is 0 Å². The van der Waals surface area contributed by atoms with Crippen LogP contribution in [0.1, 0.15) is 6.92 Å². The quantitative estimate of drug-likeness (QED) is 0.514. The largest absolute Gasteiger partial charge is 0.375 e. The molecule has 0 N–H and O–H groups in total. The van der Waals surface area contributed by atoms with Gasteiger partial charge in [-0.15, -0.1) is 0 Å². The number of benzene rings is 2. The summed E-state index contributed by atoms with van der Waals surface area (Å²) < 4.78 is 2.09. The minimum absolute atomic E-state index is 0.856. The number of fused-ring (bicyclic) bond motifs is 1. The van der Waals surface area contributed by atoms with E-state index in [1.54, 1.807) is 0 Å². The molecule has 23 heavy (non-hydrogen) atoms. The molecule has 3 rings (SSSR count). The van der Waals surface area contributed by atoms with Gasteiger partial charge in [-0.3, -0.25) is 0 Å². The topological polar surface area (TPSA) is 31.8 Å². The van der Waals surface area contributed by atoms with E-state index in [0.29, 0.717) is 0 Å². The third kappa shape index (κ3) is 3.37. The molecule has 1 heterocycles. The molecule has 0 saturated carbocycles. The van der Waals surface area contributed by atoms with Crippen LogP contribution in [-0.4, -0.2) is 13.6 Å². The highest BCUT2D eigenvalue weighted by atomic mass is 15.1. The molecule has 0 saturated heterocycles. The first-order chi connectivity index (χ1) is 11.2. The molecule has 0 unspecified atom stereocenters. The Balaban J connectivity index is 1.83. The maximum Gasteiger partial charge on any atom is 0.214 e. The average molecular weight is 305 g/mol. The predicted molar refractivity (Wildman–Crippen MR) is 94.7 cm³/mol. The van der Waals surface area contributed by atoms with Crippen LogP contribution in [0, 0.1) is 0 Å². The number of aryl methyl sites for hydroxylation is 1. The van der Waals surface area contributed by atoms with E-state index in [-0.39, 0.29) is 0 Å². The molecule has 0 atom stereocenters. The molecule has 4 heteroatoms. The molecule has 116 valence electrons. The van der Waals surface area contributed by atoms with E-state index in [1.807, 2.05) is 37.5 Å². The number of hydrogen-bond donors (Lipinski definition) is 0. The number of rotatable bonds is 4. The predicted octanol–water partition coefficient (Wildman–Crippen LogP) is 4.54. The summed E-state index contributed by atoms with van der Waals surface area (Å²) >= 11 is 0. The molecule has 1 aromatic heterocycles. The summed E-state index contributed by atoms with van der Waals surface area (Å²) in [5.74, 6) is 0. The lowest BCUT2D eigenvalue weighted by atomic mass is 10.2. The molecule has 0 aliphatic carbocycles. The summed E-state index contributed by atoms with van der Waals surface area (Å²) in [4.78, 5) is 2.18. The molecule has 4 nitrogen and oxygen atoms in total. The van der Waals surface area contributed by atoms with Gasteiger partial charge in [0.15, 0.2) is 6.20 Å². The maximum atomic E-state index is 4.36. The molecule has 3 aromatic rings. The van der Waals surface area contributed by atoms with Crippen molar-refractivity contribution < 1.29 is 4.57 Å². The standard InChI is InChI=1S/C19H21N4/c1-4-22(2)18-11-9-16(10-12-18)20-21-17-8-7-15-6-5-13-23(3)19(15)14-17/h5-14H,4H2,1-3H3/q+1. The third-order valence-corrected chi connectivity index (χ3v) is 4.03. The maximum absolute atomic E-state index is 4.36. The van der Waals surface area contributed by atoms with Crippen molar-refractivity contribution in [2.24, 2.45) is 17.3 Å². The summed E-state index contributed by atoms with van der Waals surface area (Å²) in [6, 6.07) is 18.4. The van der Waals surface area contributed by atoms with Crippen LogP contribution >= 0.6 is 0 Å². The van der Waals surface area contributed by atoms with Gasteiger partial charge >= 0.3 is 0 Å². The normalized spacial score (nSPS) is 11.3. The Morgan fingerprint density at radius 3 is 2.39 bits per heavy atom. The zero-order valence-corrected chi connectivity index (χ0v) is 13.8. The van der Waals surface area contributed by atoms with E-state index < -0.39 is 0 Å². The minimum Gasteiger partial charge on any atom is -0.375 e. The Bertz CT molecular complexity index is 838. The summed E-state index contributed by atoms with van der Waals surface area (Å²) in [5, 5.41) is 9.89.